The maximum absolute atomic E-state index is 11.7. The molecule has 0 aromatic heterocycles. The normalized spacial score (nSPS) is 14.2. The fourth-order valence-corrected chi connectivity index (χ4v) is 3.83. The van der Waals surface area contributed by atoms with Crippen LogP contribution in [0.25, 0.3) is 0 Å². The average Bonchev–Trinajstić information content (AvgIpc) is 2.67. The molecule has 0 aliphatic heterocycles. The van der Waals surface area contributed by atoms with Crippen LogP contribution >= 0.6 is 0 Å². The van der Waals surface area contributed by atoms with Crippen LogP contribution in [-0.2, 0) is 57.2 Å². The Morgan fingerprint density at radius 3 is 0.759 bits per heavy atom. The zero-order valence-corrected chi connectivity index (χ0v) is 20.0. The third kappa shape index (κ3) is 11.6. The lowest BCUT2D eigenvalue weighted by atomic mass is 9.93. The molecule has 0 saturated carbocycles. The quantitative estimate of drug-likeness (QED) is 0.245. The maximum atomic E-state index is 11.7. The molecule has 16 heteroatoms. The highest BCUT2D eigenvalue weighted by Crippen LogP contribution is 2.25. The molecule has 0 rings (SSSR count). The van der Waals surface area contributed by atoms with E-state index in [1.54, 1.807) is 0 Å². The molecule has 0 spiro atoms. The van der Waals surface area contributed by atoms with Crippen molar-refractivity contribution < 1.29 is 50.4 Å². The predicted octanol–water partition coefficient (Wildman–Crippen LogP) is -0.562. The molecule has 0 aliphatic rings. The van der Waals surface area contributed by atoms with Gasteiger partial charge in [-0.05, 0) is 27.7 Å². The third-order valence-electron chi connectivity index (χ3n) is 3.59. The summed E-state index contributed by atoms with van der Waals surface area (Å²) in [5.74, 6) is -1.72. The molecular formula is C13H28O12S4. The van der Waals surface area contributed by atoms with Crippen LogP contribution in [-0.4, -0.2) is 83.1 Å². The Balaban J connectivity index is 5.96. The molecule has 0 aromatic carbocycles. The van der Waals surface area contributed by atoms with Gasteiger partial charge in [-0.3, -0.25) is 16.7 Å². The minimum Gasteiger partial charge on any atom is -0.269 e. The Hall–Kier alpha value is -0.360. The van der Waals surface area contributed by atoms with Gasteiger partial charge in [0.25, 0.3) is 40.5 Å². The van der Waals surface area contributed by atoms with Crippen molar-refractivity contribution in [3.05, 3.63) is 0 Å². The summed E-state index contributed by atoms with van der Waals surface area (Å²) in [5, 5.41) is 0. The summed E-state index contributed by atoms with van der Waals surface area (Å²) in [7, 11) is -16.2. The third-order valence-corrected chi connectivity index (χ3v) is 8.33. The minimum atomic E-state index is -4.05. The van der Waals surface area contributed by atoms with Gasteiger partial charge in [0.05, 0.1) is 54.9 Å². The van der Waals surface area contributed by atoms with Crippen LogP contribution in [0.4, 0.5) is 0 Å². The van der Waals surface area contributed by atoms with E-state index in [0.29, 0.717) is 0 Å². The molecule has 0 aromatic rings. The van der Waals surface area contributed by atoms with Crippen LogP contribution in [0.3, 0.4) is 0 Å². The first-order valence-corrected chi connectivity index (χ1v) is 14.9. The summed E-state index contributed by atoms with van der Waals surface area (Å²) in [6, 6.07) is 0. The Labute approximate surface area is 173 Å². The van der Waals surface area contributed by atoms with Gasteiger partial charge < -0.3 is 0 Å². The van der Waals surface area contributed by atoms with E-state index in [1.807, 2.05) is 0 Å². The lowest BCUT2D eigenvalue weighted by Gasteiger charge is -2.31. The van der Waals surface area contributed by atoms with Gasteiger partial charge in [0.1, 0.15) is 0 Å². The summed E-state index contributed by atoms with van der Waals surface area (Å²) in [4.78, 5) is 0. The molecule has 0 saturated heterocycles. The molecule has 0 unspecified atom stereocenters. The molecular weight excluding hydrogens is 476 g/mol. The zero-order chi connectivity index (χ0) is 23.0. The highest BCUT2D eigenvalue weighted by Gasteiger charge is 2.38. The topological polar surface area (TPSA) is 173 Å². The van der Waals surface area contributed by atoms with Crippen molar-refractivity contribution in [2.45, 2.75) is 27.7 Å². The van der Waals surface area contributed by atoms with E-state index in [0.717, 1.165) is 0 Å². The molecule has 0 heterocycles. The molecule has 176 valence electrons. The van der Waals surface area contributed by atoms with E-state index in [2.05, 4.69) is 0 Å². The second-order valence-corrected chi connectivity index (χ2v) is 13.6. The first-order chi connectivity index (χ1) is 13.1. The molecule has 0 aliphatic carbocycles. The van der Waals surface area contributed by atoms with Gasteiger partial charge in [-0.25, -0.2) is 0 Å². The molecule has 0 atom stereocenters. The van der Waals surface area contributed by atoms with Gasteiger partial charge in [0.15, 0.2) is 0 Å². The highest BCUT2D eigenvalue weighted by molar-refractivity contribution is 7.87. The SMILES string of the molecule is CCS(=O)(=O)OCC(COS(=O)(=O)CC)(COS(=O)(=O)CC)COS(=O)(=O)CC. The Kier molecular flexibility index (Phi) is 11.2. The van der Waals surface area contributed by atoms with Crippen molar-refractivity contribution >= 4 is 40.5 Å². The van der Waals surface area contributed by atoms with Crippen molar-refractivity contribution in [3.63, 3.8) is 0 Å². The average molecular weight is 505 g/mol. The summed E-state index contributed by atoms with van der Waals surface area (Å²) in [5.41, 5.74) is -1.88. The van der Waals surface area contributed by atoms with E-state index in [1.165, 1.54) is 27.7 Å². The van der Waals surface area contributed by atoms with Gasteiger partial charge in [0.2, 0.25) is 0 Å². The van der Waals surface area contributed by atoms with Gasteiger partial charge in [-0.15, -0.1) is 0 Å². The zero-order valence-electron chi connectivity index (χ0n) is 16.7. The molecule has 12 nitrogen and oxygen atoms in total. The van der Waals surface area contributed by atoms with Crippen molar-refractivity contribution in [1.29, 1.82) is 0 Å². The summed E-state index contributed by atoms with van der Waals surface area (Å²) in [6.07, 6.45) is 0. The van der Waals surface area contributed by atoms with Crippen molar-refractivity contribution in [1.82, 2.24) is 0 Å². The van der Waals surface area contributed by atoms with E-state index < -0.39 is 95.3 Å². The lowest BCUT2D eigenvalue weighted by molar-refractivity contribution is 0.00431. The van der Waals surface area contributed by atoms with Crippen molar-refractivity contribution in [3.8, 4) is 0 Å². The molecule has 29 heavy (non-hydrogen) atoms. The van der Waals surface area contributed by atoms with Crippen LogP contribution in [0.15, 0.2) is 0 Å². The van der Waals surface area contributed by atoms with Gasteiger partial charge in [-0.1, -0.05) is 0 Å². The number of hydrogen-bond donors (Lipinski definition) is 0. The Morgan fingerprint density at radius 2 is 0.621 bits per heavy atom. The van der Waals surface area contributed by atoms with E-state index in [9.17, 15) is 33.7 Å². The number of rotatable bonds is 16. The van der Waals surface area contributed by atoms with Crippen LogP contribution < -0.4 is 0 Å². The lowest BCUT2D eigenvalue weighted by Crippen LogP contribution is -2.44. The first kappa shape index (κ1) is 28.6. The Morgan fingerprint density at radius 1 is 0.448 bits per heavy atom. The first-order valence-electron chi connectivity index (χ1n) is 8.55. The van der Waals surface area contributed by atoms with E-state index in [-0.39, 0.29) is 0 Å². The Bertz CT molecular complexity index is 759. The molecule has 0 amide bonds. The van der Waals surface area contributed by atoms with Crippen LogP contribution in [0.2, 0.25) is 0 Å². The second-order valence-electron chi connectivity index (χ2n) is 5.93. The van der Waals surface area contributed by atoms with Crippen molar-refractivity contribution in [2.24, 2.45) is 5.41 Å². The summed E-state index contributed by atoms with van der Waals surface area (Å²) >= 11 is 0. The largest absolute Gasteiger partial charge is 0.269 e. The smallest absolute Gasteiger partial charge is 0.267 e. The van der Waals surface area contributed by atoms with E-state index >= 15 is 0 Å². The summed E-state index contributed by atoms with van der Waals surface area (Å²) in [6.45, 7) is 1.80. The summed E-state index contributed by atoms with van der Waals surface area (Å²) < 4.78 is 113. The fourth-order valence-electron chi connectivity index (χ4n) is 1.44. The molecule has 0 fully saturated rings. The molecule has 0 N–H and O–H groups in total. The van der Waals surface area contributed by atoms with Crippen molar-refractivity contribution in [2.75, 3.05) is 49.4 Å². The van der Waals surface area contributed by atoms with Crippen LogP contribution in [0.1, 0.15) is 27.7 Å². The number of hydrogen-bond acceptors (Lipinski definition) is 12. The second kappa shape index (κ2) is 11.3. The maximum Gasteiger partial charge on any atom is 0.267 e. The standard InChI is InChI=1S/C13H28O12S4/c1-5-26(14,15)22-9-13(10-23-27(16,17)6-2,11-24-28(18,19)7-3)12-25-29(20,21)8-4/h5-12H2,1-4H3. The van der Waals surface area contributed by atoms with Crippen LogP contribution in [0.5, 0.6) is 0 Å². The highest BCUT2D eigenvalue weighted by atomic mass is 32.2. The monoisotopic (exact) mass is 504 g/mol. The molecule has 0 radical (unpaired) electrons. The van der Waals surface area contributed by atoms with Gasteiger partial charge in [0, 0.05) is 0 Å². The van der Waals surface area contributed by atoms with Gasteiger partial charge >= 0.3 is 0 Å². The minimum absolute atomic E-state index is 0.431. The predicted molar refractivity (Wildman–Crippen MR) is 104 cm³/mol. The van der Waals surface area contributed by atoms with E-state index in [4.69, 9.17) is 16.7 Å². The fraction of sp³-hybridized carbons (Fsp3) is 1.00. The van der Waals surface area contributed by atoms with Gasteiger partial charge in [-0.2, -0.15) is 33.7 Å². The van der Waals surface area contributed by atoms with Crippen LogP contribution in [0, 0.1) is 5.41 Å². The molecule has 0 bridgehead atoms.